The second-order valence-corrected chi connectivity index (χ2v) is 10.0. The number of nitrogens with one attached hydrogen (secondary N) is 1. The molecule has 7 nitrogen and oxygen atoms in total. The highest BCUT2D eigenvalue weighted by Crippen LogP contribution is 2.30. The molecule has 1 aromatic carbocycles. The van der Waals surface area contributed by atoms with E-state index in [2.05, 4.69) is 54.0 Å². The Hall–Kier alpha value is -3.03. The molecule has 7 heteroatoms. The van der Waals surface area contributed by atoms with Crippen molar-refractivity contribution in [3.8, 4) is 11.3 Å². The van der Waals surface area contributed by atoms with Crippen LogP contribution < -0.4 is 5.32 Å². The largest absolute Gasteiger partial charge is 0.389 e. The van der Waals surface area contributed by atoms with Gasteiger partial charge in [-0.15, -0.1) is 0 Å². The summed E-state index contributed by atoms with van der Waals surface area (Å²) < 4.78 is 7.60. The smallest absolute Gasteiger partial charge is 0.180 e. The monoisotopic (exact) mass is 459 g/mol. The van der Waals surface area contributed by atoms with Crippen LogP contribution in [0.1, 0.15) is 56.9 Å². The summed E-state index contributed by atoms with van der Waals surface area (Å²) in [6.45, 7) is 9.46. The molecule has 178 valence electrons. The van der Waals surface area contributed by atoms with Crippen molar-refractivity contribution in [2.75, 3.05) is 25.1 Å². The Balaban J connectivity index is 1.57. The van der Waals surface area contributed by atoms with Crippen molar-refractivity contribution in [1.82, 2.24) is 14.4 Å². The lowest BCUT2D eigenvalue weighted by atomic mass is 10.0. The summed E-state index contributed by atoms with van der Waals surface area (Å²) >= 11 is 0. The van der Waals surface area contributed by atoms with Gasteiger partial charge < -0.3 is 15.2 Å². The van der Waals surface area contributed by atoms with Crippen LogP contribution in [-0.2, 0) is 4.74 Å². The second-order valence-electron chi connectivity index (χ2n) is 10.0. The third kappa shape index (κ3) is 4.91. The molecule has 5 rings (SSSR count). The van der Waals surface area contributed by atoms with Crippen molar-refractivity contribution in [3.63, 3.8) is 0 Å². The van der Waals surface area contributed by atoms with Gasteiger partial charge in [-0.05, 0) is 69.7 Å². The fourth-order valence-corrected chi connectivity index (χ4v) is 4.31. The minimum Gasteiger partial charge on any atom is -0.389 e. The number of rotatable bonds is 7. The number of aromatic nitrogens is 3. The second kappa shape index (κ2) is 8.96. The molecule has 0 amide bonds. The maximum Gasteiger partial charge on any atom is 0.180 e. The van der Waals surface area contributed by atoms with Gasteiger partial charge in [-0.3, -0.25) is 9.39 Å². The molecule has 0 atom stereocenters. The van der Waals surface area contributed by atoms with E-state index in [1.54, 1.807) is 13.8 Å². The van der Waals surface area contributed by atoms with Crippen LogP contribution in [-0.4, -0.2) is 56.6 Å². The number of benzene rings is 1. The van der Waals surface area contributed by atoms with Crippen molar-refractivity contribution in [2.24, 2.45) is 4.99 Å². The van der Waals surface area contributed by atoms with Gasteiger partial charge in [0.05, 0.1) is 42.4 Å². The van der Waals surface area contributed by atoms with Crippen molar-refractivity contribution in [1.29, 1.82) is 0 Å². The summed E-state index contributed by atoms with van der Waals surface area (Å²) in [6.07, 6.45) is 9.29. The molecule has 34 heavy (non-hydrogen) atoms. The molecule has 2 aliphatic rings. The number of hydrogen-bond acceptors (Lipinski definition) is 6. The number of hydrogen-bond donors (Lipinski definition) is 2. The summed E-state index contributed by atoms with van der Waals surface area (Å²) in [6, 6.07) is 7.04. The molecule has 0 saturated heterocycles. The van der Waals surface area contributed by atoms with Crippen molar-refractivity contribution >= 4 is 22.7 Å². The number of anilines is 1. The molecule has 3 heterocycles. The zero-order chi connectivity index (χ0) is 23.9. The zero-order valence-electron chi connectivity index (χ0n) is 20.4. The van der Waals surface area contributed by atoms with Crippen LogP contribution in [0.5, 0.6) is 0 Å². The Morgan fingerprint density at radius 3 is 2.82 bits per heavy atom. The van der Waals surface area contributed by atoms with E-state index in [9.17, 15) is 5.11 Å². The van der Waals surface area contributed by atoms with Crippen LogP contribution in [0.3, 0.4) is 0 Å². The Kier molecular flexibility index (Phi) is 6.00. The maximum absolute atomic E-state index is 10.3. The van der Waals surface area contributed by atoms with Gasteiger partial charge >= 0.3 is 0 Å². The first-order chi connectivity index (χ1) is 16.3. The zero-order valence-corrected chi connectivity index (χ0v) is 20.4. The number of fused-ring (bicyclic) bond motifs is 1. The number of aryl methyl sites for hydroxylation is 1. The molecular weight excluding hydrogens is 426 g/mol. The van der Waals surface area contributed by atoms with Crippen LogP contribution in [0, 0.1) is 6.92 Å². The van der Waals surface area contributed by atoms with E-state index < -0.39 is 5.60 Å². The summed E-state index contributed by atoms with van der Waals surface area (Å²) in [5.41, 5.74) is 7.55. The number of ether oxygens (including phenoxy) is 1. The third-order valence-electron chi connectivity index (χ3n) is 6.31. The molecule has 2 aromatic heterocycles. The number of nitrogens with zero attached hydrogens (tertiary/aromatic N) is 4. The highest BCUT2D eigenvalue weighted by atomic mass is 16.5. The minimum atomic E-state index is -0.866. The number of imidazole rings is 1. The number of aliphatic hydroxyl groups is 1. The van der Waals surface area contributed by atoms with E-state index in [-0.39, 0.29) is 0 Å². The topological polar surface area (TPSA) is 84.0 Å². The van der Waals surface area contributed by atoms with Gasteiger partial charge in [-0.25, -0.2) is 9.97 Å². The summed E-state index contributed by atoms with van der Waals surface area (Å²) in [5.74, 6) is 0.666. The molecule has 2 N–H and O–H groups in total. The van der Waals surface area contributed by atoms with Crippen LogP contribution >= 0.6 is 0 Å². The molecule has 0 radical (unpaired) electrons. The van der Waals surface area contributed by atoms with E-state index in [0.717, 1.165) is 40.3 Å². The first kappa shape index (κ1) is 22.7. The van der Waals surface area contributed by atoms with Gasteiger partial charge in [-0.1, -0.05) is 18.2 Å². The first-order valence-electron chi connectivity index (χ1n) is 12.1. The van der Waals surface area contributed by atoms with Crippen LogP contribution in [0.4, 0.5) is 5.82 Å². The average Bonchev–Trinajstić information content (AvgIpc) is 3.52. The normalized spacial score (nSPS) is 17.2. The van der Waals surface area contributed by atoms with E-state index in [4.69, 9.17) is 19.7 Å². The van der Waals surface area contributed by atoms with Crippen molar-refractivity contribution in [2.45, 2.75) is 58.6 Å². The predicted molar refractivity (Wildman–Crippen MR) is 137 cm³/mol. The maximum atomic E-state index is 10.3. The van der Waals surface area contributed by atoms with Crippen LogP contribution in [0.2, 0.25) is 0 Å². The van der Waals surface area contributed by atoms with Gasteiger partial charge in [-0.2, -0.15) is 0 Å². The predicted octanol–water partition coefficient (Wildman–Crippen LogP) is 4.66. The highest BCUT2D eigenvalue weighted by molar-refractivity contribution is 6.00. The van der Waals surface area contributed by atoms with Gasteiger partial charge in [0.15, 0.2) is 11.5 Å². The molecule has 0 bridgehead atoms. The molecule has 0 spiro atoms. The van der Waals surface area contributed by atoms with E-state index in [0.29, 0.717) is 31.6 Å². The molecule has 1 aliphatic heterocycles. The average molecular weight is 460 g/mol. The van der Waals surface area contributed by atoms with Crippen molar-refractivity contribution < 1.29 is 9.84 Å². The van der Waals surface area contributed by atoms with Crippen molar-refractivity contribution in [3.05, 3.63) is 53.5 Å². The van der Waals surface area contributed by atoms with Gasteiger partial charge in [0.1, 0.15) is 0 Å². The van der Waals surface area contributed by atoms with Gasteiger partial charge in [0, 0.05) is 24.0 Å². The molecular formula is C27H33N5O2. The third-order valence-corrected chi connectivity index (χ3v) is 6.31. The Bertz CT molecular complexity index is 1280. The van der Waals surface area contributed by atoms with Gasteiger partial charge in [0.2, 0.25) is 0 Å². The SMILES string of the molecule is CC(=NC1CC1)c1ccc(-c2cnc3c(NCC(C)(C)O)nc(C4=CCOCC4)cn23)cc1C. The number of aliphatic imine (C=N–C) groups is 1. The lowest BCUT2D eigenvalue weighted by Crippen LogP contribution is -2.30. The lowest BCUT2D eigenvalue weighted by Gasteiger charge is -2.20. The molecule has 1 fully saturated rings. The molecule has 3 aromatic rings. The van der Waals surface area contributed by atoms with Crippen LogP contribution in [0.25, 0.3) is 22.5 Å². The minimum absolute atomic E-state index is 0.372. The fraction of sp³-hybridized carbons (Fsp3) is 0.444. The van der Waals surface area contributed by atoms with E-state index in [1.807, 2.05) is 6.20 Å². The summed E-state index contributed by atoms with van der Waals surface area (Å²) in [5, 5.41) is 13.6. The quantitative estimate of drug-likeness (QED) is 0.502. The van der Waals surface area contributed by atoms with Gasteiger partial charge in [0.25, 0.3) is 0 Å². The molecule has 1 aliphatic carbocycles. The van der Waals surface area contributed by atoms with Crippen LogP contribution in [0.15, 0.2) is 41.7 Å². The standard InChI is InChI=1S/C27H33N5O2/c1-17-13-20(5-8-22(17)18(2)30-21-6-7-21)24-14-28-26-25(29-16-27(3,4)33)31-23(15-32(24)26)19-9-11-34-12-10-19/h5,8-9,13-15,21,33H,6-7,10-12,16H2,1-4H3,(H,29,31). The van der Waals surface area contributed by atoms with E-state index in [1.165, 1.54) is 24.0 Å². The van der Waals surface area contributed by atoms with E-state index >= 15 is 0 Å². The fourth-order valence-electron chi connectivity index (χ4n) is 4.31. The summed E-state index contributed by atoms with van der Waals surface area (Å²) in [7, 11) is 0. The summed E-state index contributed by atoms with van der Waals surface area (Å²) in [4.78, 5) is 14.4. The Morgan fingerprint density at radius 2 is 2.15 bits per heavy atom. The Labute approximate surface area is 200 Å². The lowest BCUT2D eigenvalue weighted by molar-refractivity contribution is 0.0944. The molecule has 0 unspecified atom stereocenters. The Morgan fingerprint density at radius 1 is 1.32 bits per heavy atom. The molecule has 1 saturated carbocycles. The highest BCUT2D eigenvalue weighted by Gasteiger charge is 2.21. The first-order valence-corrected chi connectivity index (χ1v) is 12.1.